The first-order chi connectivity index (χ1) is 15.3. The van der Waals surface area contributed by atoms with E-state index in [0.29, 0.717) is 12.8 Å². The molecule has 2 N–H and O–H groups in total. The van der Waals surface area contributed by atoms with Gasteiger partial charge in [0.25, 0.3) is 0 Å². The summed E-state index contributed by atoms with van der Waals surface area (Å²) < 4.78 is 38.4. The number of alkyl halides is 3. The van der Waals surface area contributed by atoms with E-state index in [0.717, 1.165) is 34.3 Å². The Labute approximate surface area is 186 Å². The van der Waals surface area contributed by atoms with E-state index in [9.17, 15) is 13.2 Å². The van der Waals surface area contributed by atoms with Gasteiger partial charge in [-0.25, -0.2) is 0 Å². The van der Waals surface area contributed by atoms with Crippen LogP contribution in [-0.2, 0) is 12.6 Å². The molecule has 0 aliphatic rings. The normalized spacial score (nSPS) is 13.4. The molecule has 0 aliphatic heterocycles. The molecule has 0 aliphatic carbocycles. The highest BCUT2D eigenvalue weighted by Crippen LogP contribution is 2.29. The van der Waals surface area contributed by atoms with E-state index in [1.165, 1.54) is 12.3 Å². The molecule has 0 amide bonds. The van der Waals surface area contributed by atoms with Gasteiger partial charge in [-0.2, -0.15) is 13.2 Å². The Bertz CT molecular complexity index is 1020. The molecular weight excluding hydrogens is 413 g/mol. The largest absolute Gasteiger partial charge is 0.433 e. The quantitative estimate of drug-likeness (QED) is 0.459. The summed E-state index contributed by atoms with van der Waals surface area (Å²) in [4.78, 5) is 8.27. The molecule has 1 aromatic carbocycles. The maximum Gasteiger partial charge on any atom is 0.433 e. The minimum absolute atomic E-state index is 0.146. The van der Waals surface area contributed by atoms with E-state index >= 15 is 0 Å². The van der Waals surface area contributed by atoms with E-state index in [1.54, 1.807) is 0 Å². The molecule has 3 rings (SSSR count). The molecule has 7 heteroatoms. The maximum atomic E-state index is 12.8. The fourth-order valence-electron chi connectivity index (χ4n) is 3.51. The lowest BCUT2D eigenvalue weighted by Gasteiger charge is -2.28. The minimum atomic E-state index is -4.44. The Balaban J connectivity index is 1.84. The zero-order valence-electron chi connectivity index (χ0n) is 18.2. The van der Waals surface area contributed by atoms with Gasteiger partial charge in [-0.05, 0) is 49.1 Å². The van der Waals surface area contributed by atoms with Crippen molar-refractivity contribution in [3.63, 3.8) is 0 Å². The highest BCUT2D eigenvalue weighted by Gasteiger charge is 2.32. The smallest absolute Gasteiger partial charge is 0.390 e. The van der Waals surface area contributed by atoms with E-state index in [2.05, 4.69) is 27.2 Å². The summed E-state index contributed by atoms with van der Waals surface area (Å²) >= 11 is 0. The number of aromatic nitrogens is 2. The van der Waals surface area contributed by atoms with Gasteiger partial charge in [0.05, 0.1) is 17.8 Å². The number of hydrogen-bond donors (Lipinski definition) is 2. The molecule has 0 saturated carbocycles. The van der Waals surface area contributed by atoms with Gasteiger partial charge in [0, 0.05) is 24.6 Å². The summed E-state index contributed by atoms with van der Waals surface area (Å²) in [5, 5.41) is 6.78. The lowest BCUT2D eigenvalue weighted by atomic mass is 9.98. The first-order valence-electron chi connectivity index (χ1n) is 10.4. The number of pyridine rings is 2. The van der Waals surface area contributed by atoms with Crippen LogP contribution in [0.4, 0.5) is 13.2 Å². The van der Waals surface area contributed by atoms with Gasteiger partial charge in [-0.3, -0.25) is 15.3 Å². The minimum Gasteiger partial charge on any atom is -0.390 e. The monoisotopic (exact) mass is 440 g/mol. The van der Waals surface area contributed by atoms with Crippen LogP contribution >= 0.6 is 0 Å². The third-order valence-electron chi connectivity index (χ3n) is 5.27. The summed E-state index contributed by atoms with van der Waals surface area (Å²) in [6.45, 7) is 6.09. The Morgan fingerprint density at radius 2 is 1.78 bits per heavy atom. The van der Waals surface area contributed by atoms with Crippen molar-refractivity contribution in [2.24, 2.45) is 0 Å². The number of likely N-dealkylation sites (N-methyl/N-ethyl adjacent to an activating group) is 1. The number of rotatable bonds is 9. The number of halogens is 3. The van der Waals surface area contributed by atoms with Crippen molar-refractivity contribution in [2.45, 2.75) is 38.0 Å². The number of aryl methyl sites for hydroxylation is 2. The van der Waals surface area contributed by atoms with E-state index in [-0.39, 0.29) is 12.1 Å². The maximum absolute atomic E-state index is 12.8. The van der Waals surface area contributed by atoms with Gasteiger partial charge in [0.2, 0.25) is 0 Å². The first kappa shape index (κ1) is 23.5. The van der Waals surface area contributed by atoms with Crippen molar-refractivity contribution in [1.82, 2.24) is 20.6 Å². The zero-order chi connectivity index (χ0) is 23.1. The van der Waals surface area contributed by atoms with Crippen LogP contribution in [0, 0.1) is 6.92 Å². The Morgan fingerprint density at radius 1 is 1.03 bits per heavy atom. The van der Waals surface area contributed by atoms with Crippen LogP contribution in [0.3, 0.4) is 0 Å². The average Bonchev–Trinajstić information content (AvgIpc) is 2.79. The van der Waals surface area contributed by atoms with Crippen molar-refractivity contribution in [1.29, 1.82) is 0 Å². The molecule has 2 heterocycles. The molecule has 2 aromatic heterocycles. The number of nitrogens with zero attached hydrogens (tertiary/aromatic N) is 2. The lowest BCUT2D eigenvalue weighted by Crippen LogP contribution is -2.32. The molecule has 4 nitrogen and oxygen atoms in total. The number of benzene rings is 1. The van der Waals surface area contributed by atoms with Crippen LogP contribution in [0.1, 0.15) is 46.7 Å². The van der Waals surface area contributed by atoms with Crippen molar-refractivity contribution in [2.75, 3.05) is 7.05 Å². The Kier molecular flexibility index (Phi) is 7.64. The SMILES string of the molecule is C=C(NC)[C@H](N[C@@H](CCc1ccc(C(F)(F)F)nc1)c1cccc(C)n1)c1ccccc1. The second-order valence-electron chi connectivity index (χ2n) is 7.63. The van der Waals surface area contributed by atoms with Crippen molar-refractivity contribution in [3.05, 3.63) is 107 Å². The second-order valence-corrected chi connectivity index (χ2v) is 7.63. The molecule has 0 radical (unpaired) electrons. The molecule has 168 valence electrons. The van der Waals surface area contributed by atoms with Gasteiger partial charge in [-0.1, -0.05) is 49.0 Å². The van der Waals surface area contributed by atoms with Crippen molar-refractivity contribution < 1.29 is 13.2 Å². The third-order valence-corrected chi connectivity index (χ3v) is 5.27. The van der Waals surface area contributed by atoms with Crippen LogP contribution in [0.5, 0.6) is 0 Å². The fraction of sp³-hybridized carbons (Fsp3) is 0.280. The summed E-state index contributed by atoms with van der Waals surface area (Å²) in [7, 11) is 1.83. The number of hydrogen-bond acceptors (Lipinski definition) is 4. The molecule has 2 atom stereocenters. The summed E-state index contributed by atoms with van der Waals surface area (Å²) in [6, 6.07) is 18.0. The average molecular weight is 441 g/mol. The topological polar surface area (TPSA) is 49.8 Å². The summed E-state index contributed by atoms with van der Waals surface area (Å²) in [5.41, 5.74) is 3.49. The standard InChI is InChI=1S/C25H27F3N4/c1-17-8-7-11-21(31-17)22(14-12-19-13-15-23(30-16-19)25(26,27)28)32-24(18(2)29-3)20-9-5-4-6-10-20/h4-11,13,15-16,22,24,29,32H,2,12,14H2,1,3H3/t22-,24-/m0/s1. The van der Waals surface area contributed by atoms with E-state index in [1.807, 2.05) is 62.5 Å². The van der Waals surface area contributed by atoms with Crippen LogP contribution in [0.15, 0.2) is 79.1 Å². The summed E-state index contributed by atoms with van der Waals surface area (Å²) in [5.74, 6) is 0. The van der Waals surface area contributed by atoms with Gasteiger partial charge in [0.1, 0.15) is 5.69 Å². The van der Waals surface area contributed by atoms with E-state index in [4.69, 9.17) is 0 Å². The van der Waals surface area contributed by atoms with Crippen LogP contribution in [0.2, 0.25) is 0 Å². The molecule has 0 spiro atoms. The predicted molar refractivity (Wildman–Crippen MR) is 120 cm³/mol. The molecule has 0 fully saturated rings. The zero-order valence-corrected chi connectivity index (χ0v) is 18.2. The molecule has 0 unspecified atom stereocenters. The van der Waals surface area contributed by atoms with Gasteiger partial charge in [-0.15, -0.1) is 0 Å². The highest BCUT2D eigenvalue weighted by atomic mass is 19.4. The van der Waals surface area contributed by atoms with Crippen molar-refractivity contribution >= 4 is 0 Å². The van der Waals surface area contributed by atoms with Gasteiger partial charge >= 0.3 is 6.18 Å². The molecular formula is C25H27F3N4. The van der Waals surface area contributed by atoms with Gasteiger partial charge in [0.15, 0.2) is 0 Å². The van der Waals surface area contributed by atoms with Crippen LogP contribution in [-0.4, -0.2) is 17.0 Å². The van der Waals surface area contributed by atoms with Crippen LogP contribution in [0.25, 0.3) is 0 Å². The predicted octanol–water partition coefficient (Wildman–Crippen LogP) is 5.54. The fourth-order valence-corrected chi connectivity index (χ4v) is 3.51. The molecule has 32 heavy (non-hydrogen) atoms. The van der Waals surface area contributed by atoms with E-state index < -0.39 is 11.9 Å². The molecule has 3 aromatic rings. The highest BCUT2D eigenvalue weighted by molar-refractivity contribution is 5.27. The number of nitrogens with one attached hydrogen (secondary N) is 2. The first-order valence-corrected chi connectivity index (χ1v) is 10.4. The lowest BCUT2D eigenvalue weighted by molar-refractivity contribution is -0.141. The van der Waals surface area contributed by atoms with Crippen molar-refractivity contribution in [3.8, 4) is 0 Å². The Hall–Kier alpha value is -3.19. The van der Waals surface area contributed by atoms with Gasteiger partial charge < -0.3 is 5.32 Å². The Morgan fingerprint density at radius 3 is 2.38 bits per heavy atom. The summed E-state index contributed by atoms with van der Waals surface area (Å²) in [6.07, 6.45) is -1.97. The second kappa shape index (κ2) is 10.4. The third kappa shape index (κ3) is 6.17. The molecule has 0 saturated heterocycles. The van der Waals surface area contributed by atoms with Crippen LogP contribution < -0.4 is 10.6 Å². The molecule has 0 bridgehead atoms.